The van der Waals surface area contributed by atoms with Crippen LogP contribution in [-0.2, 0) is 14.8 Å². The average Bonchev–Trinajstić information content (AvgIpc) is 2.45. The van der Waals surface area contributed by atoms with Crippen molar-refractivity contribution in [1.29, 1.82) is 0 Å². The molecule has 1 amide bonds. The number of aryl methyl sites for hydroxylation is 1. The molecule has 6 heteroatoms. The highest BCUT2D eigenvalue weighted by molar-refractivity contribution is 7.92. The van der Waals surface area contributed by atoms with Crippen LogP contribution in [0.2, 0.25) is 0 Å². The lowest BCUT2D eigenvalue weighted by Crippen LogP contribution is -2.50. The van der Waals surface area contributed by atoms with Crippen molar-refractivity contribution < 1.29 is 13.2 Å². The van der Waals surface area contributed by atoms with Crippen LogP contribution in [-0.4, -0.2) is 44.6 Å². The molecule has 1 aromatic rings. The lowest BCUT2D eigenvalue weighted by Gasteiger charge is -2.33. The highest BCUT2D eigenvalue weighted by Gasteiger charge is 2.33. The second kappa shape index (κ2) is 7.63. The third kappa shape index (κ3) is 4.22. The Morgan fingerprint density at radius 3 is 1.95 bits per heavy atom. The summed E-state index contributed by atoms with van der Waals surface area (Å²) in [7, 11) is -3.55. The van der Waals surface area contributed by atoms with Gasteiger partial charge < -0.3 is 4.90 Å². The van der Waals surface area contributed by atoms with Gasteiger partial charge in [0.15, 0.2) is 0 Å². The summed E-state index contributed by atoms with van der Waals surface area (Å²) >= 11 is 0. The first-order valence-electron chi connectivity index (χ1n) is 7.61. The largest absolute Gasteiger partial charge is 0.341 e. The topological polar surface area (TPSA) is 57.7 Å². The molecule has 5 nitrogen and oxygen atoms in total. The minimum atomic E-state index is -3.55. The minimum absolute atomic E-state index is 0.154. The maximum absolute atomic E-state index is 12.7. The zero-order valence-corrected chi connectivity index (χ0v) is 14.9. The van der Waals surface area contributed by atoms with Crippen LogP contribution in [0.5, 0.6) is 0 Å². The molecule has 0 heterocycles. The molecule has 0 saturated carbocycles. The monoisotopic (exact) mass is 326 g/mol. The van der Waals surface area contributed by atoms with Gasteiger partial charge in [0.25, 0.3) is 0 Å². The van der Waals surface area contributed by atoms with E-state index in [-0.39, 0.29) is 5.91 Å². The lowest BCUT2D eigenvalue weighted by molar-refractivity contribution is -0.132. The van der Waals surface area contributed by atoms with Gasteiger partial charge in [-0.25, -0.2) is 8.42 Å². The summed E-state index contributed by atoms with van der Waals surface area (Å²) in [6, 6.07) is 6.48. The second-order valence-corrected chi connectivity index (χ2v) is 7.19. The van der Waals surface area contributed by atoms with Crippen LogP contribution in [0.4, 0.5) is 5.69 Å². The van der Waals surface area contributed by atoms with Crippen molar-refractivity contribution in [3.63, 3.8) is 0 Å². The van der Waals surface area contributed by atoms with Gasteiger partial charge in [-0.05, 0) is 39.3 Å². The number of nitrogens with zero attached hydrogens (tertiary/aromatic N) is 2. The summed E-state index contributed by atoms with van der Waals surface area (Å²) in [6.45, 7) is 8.69. The average molecular weight is 326 g/mol. The van der Waals surface area contributed by atoms with E-state index in [1.54, 1.807) is 17.0 Å². The van der Waals surface area contributed by atoms with Gasteiger partial charge in [-0.3, -0.25) is 9.10 Å². The van der Waals surface area contributed by atoms with Crippen molar-refractivity contribution in [3.05, 3.63) is 29.8 Å². The molecule has 0 unspecified atom stereocenters. The lowest BCUT2D eigenvalue weighted by atomic mass is 10.1. The Bertz CT molecular complexity index is 592. The number of carbonyl (C=O) groups is 1. The molecule has 0 aliphatic carbocycles. The molecule has 124 valence electrons. The van der Waals surface area contributed by atoms with E-state index in [1.807, 2.05) is 39.8 Å². The van der Waals surface area contributed by atoms with E-state index >= 15 is 0 Å². The summed E-state index contributed by atoms with van der Waals surface area (Å²) in [5, 5.41) is 0. The molecule has 0 fully saturated rings. The molecule has 0 bridgehead atoms. The number of benzene rings is 1. The first-order valence-corrected chi connectivity index (χ1v) is 9.45. The number of carbonyl (C=O) groups excluding carboxylic acids is 1. The Balaban J connectivity index is 3.31. The molecule has 0 saturated heterocycles. The van der Waals surface area contributed by atoms with E-state index in [0.717, 1.165) is 11.8 Å². The van der Waals surface area contributed by atoms with Gasteiger partial charge in [-0.2, -0.15) is 0 Å². The van der Waals surface area contributed by atoms with Gasteiger partial charge in [0.2, 0.25) is 15.9 Å². The summed E-state index contributed by atoms with van der Waals surface area (Å²) < 4.78 is 25.8. The van der Waals surface area contributed by atoms with E-state index in [0.29, 0.717) is 25.2 Å². The molecule has 0 aliphatic rings. The van der Waals surface area contributed by atoms with Crippen LogP contribution >= 0.6 is 0 Å². The Hall–Kier alpha value is -1.56. The molecular weight excluding hydrogens is 300 g/mol. The molecule has 0 radical (unpaired) electrons. The Kier molecular flexibility index (Phi) is 6.41. The SMILES string of the molecule is CC[C@@H](C(=O)N(CC)CC)N(c1ccc(C)cc1)S(C)(=O)=O. The summed E-state index contributed by atoms with van der Waals surface area (Å²) in [4.78, 5) is 14.4. The number of likely N-dealkylation sites (N-methyl/N-ethyl adjacent to an activating group) is 1. The highest BCUT2D eigenvalue weighted by Crippen LogP contribution is 2.23. The predicted octanol–water partition coefficient (Wildman–Crippen LogP) is 2.41. The Morgan fingerprint density at radius 1 is 1.09 bits per heavy atom. The predicted molar refractivity (Wildman–Crippen MR) is 90.5 cm³/mol. The minimum Gasteiger partial charge on any atom is -0.341 e. The molecule has 0 spiro atoms. The van der Waals surface area contributed by atoms with Gasteiger partial charge in [0.1, 0.15) is 6.04 Å². The number of anilines is 1. The molecule has 0 aromatic heterocycles. The number of amides is 1. The summed E-state index contributed by atoms with van der Waals surface area (Å²) in [5.41, 5.74) is 1.57. The fraction of sp³-hybridized carbons (Fsp3) is 0.562. The molecule has 1 atom stereocenters. The zero-order chi connectivity index (χ0) is 16.9. The maximum Gasteiger partial charge on any atom is 0.246 e. The number of hydrogen-bond acceptors (Lipinski definition) is 3. The first kappa shape index (κ1) is 18.5. The molecular formula is C16H26N2O3S. The van der Waals surface area contributed by atoms with E-state index < -0.39 is 16.1 Å². The van der Waals surface area contributed by atoms with E-state index in [9.17, 15) is 13.2 Å². The molecule has 1 rings (SSSR count). The fourth-order valence-corrected chi connectivity index (χ4v) is 3.69. The number of rotatable bonds is 7. The first-order chi connectivity index (χ1) is 10.3. The van der Waals surface area contributed by atoms with E-state index in [2.05, 4.69) is 0 Å². The third-order valence-electron chi connectivity index (χ3n) is 3.68. The van der Waals surface area contributed by atoms with Crippen molar-refractivity contribution >= 4 is 21.6 Å². The fourth-order valence-electron chi connectivity index (χ4n) is 2.48. The van der Waals surface area contributed by atoms with Crippen LogP contribution in [0.15, 0.2) is 24.3 Å². The Morgan fingerprint density at radius 2 is 1.59 bits per heavy atom. The molecule has 0 aliphatic heterocycles. The highest BCUT2D eigenvalue weighted by atomic mass is 32.2. The van der Waals surface area contributed by atoms with Crippen LogP contribution < -0.4 is 4.31 Å². The number of sulfonamides is 1. The molecule has 1 aromatic carbocycles. The molecule has 22 heavy (non-hydrogen) atoms. The standard InChI is InChI=1S/C16H26N2O3S/c1-6-15(16(19)17(7-2)8-3)18(22(5,20)21)14-11-9-13(4)10-12-14/h9-12,15H,6-8H2,1-5H3/t15-/m0/s1. The van der Waals surface area contributed by atoms with Crippen LogP contribution in [0.3, 0.4) is 0 Å². The normalized spacial score (nSPS) is 12.8. The van der Waals surface area contributed by atoms with Gasteiger partial charge >= 0.3 is 0 Å². The number of hydrogen-bond donors (Lipinski definition) is 0. The second-order valence-electron chi connectivity index (χ2n) is 5.33. The van der Waals surface area contributed by atoms with Crippen molar-refractivity contribution in [2.75, 3.05) is 23.7 Å². The zero-order valence-electron chi connectivity index (χ0n) is 14.0. The maximum atomic E-state index is 12.7. The van der Waals surface area contributed by atoms with Crippen molar-refractivity contribution in [2.24, 2.45) is 0 Å². The van der Waals surface area contributed by atoms with Crippen LogP contribution in [0.1, 0.15) is 32.8 Å². The van der Waals surface area contributed by atoms with Crippen LogP contribution in [0.25, 0.3) is 0 Å². The van der Waals surface area contributed by atoms with Gasteiger partial charge in [0.05, 0.1) is 11.9 Å². The Labute approximate surface area is 134 Å². The van der Waals surface area contributed by atoms with Gasteiger partial charge in [-0.1, -0.05) is 24.6 Å². The third-order valence-corrected chi connectivity index (χ3v) is 4.86. The van der Waals surface area contributed by atoms with Crippen molar-refractivity contribution in [3.8, 4) is 0 Å². The molecule has 0 N–H and O–H groups in total. The van der Waals surface area contributed by atoms with Gasteiger partial charge in [-0.15, -0.1) is 0 Å². The van der Waals surface area contributed by atoms with Gasteiger partial charge in [0, 0.05) is 13.1 Å². The van der Waals surface area contributed by atoms with Crippen molar-refractivity contribution in [2.45, 2.75) is 40.2 Å². The quantitative estimate of drug-likeness (QED) is 0.773. The van der Waals surface area contributed by atoms with Crippen LogP contribution in [0, 0.1) is 6.92 Å². The van der Waals surface area contributed by atoms with E-state index in [1.165, 1.54) is 4.31 Å². The summed E-state index contributed by atoms with van der Waals surface area (Å²) in [5.74, 6) is -0.154. The van der Waals surface area contributed by atoms with Crippen molar-refractivity contribution in [1.82, 2.24) is 4.90 Å². The smallest absolute Gasteiger partial charge is 0.246 e. The summed E-state index contributed by atoms with van der Waals surface area (Å²) in [6.07, 6.45) is 1.57. The van der Waals surface area contributed by atoms with E-state index in [4.69, 9.17) is 0 Å².